The molecule has 6 nitrogen and oxygen atoms in total. The molecular weight excluding hydrogens is 290 g/mol. The summed E-state index contributed by atoms with van der Waals surface area (Å²) < 4.78 is 28.7. The van der Waals surface area contributed by atoms with E-state index in [-0.39, 0.29) is 10.6 Å². The van der Waals surface area contributed by atoms with Gasteiger partial charge in [-0.3, -0.25) is 4.28 Å². The van der Waals surface area contributed by atoms with E-state index in [1.165, 1.54) is 12.1 Å². The molecule has 0 spiro atoms. The highest BCUT2D eigenvalue weighted by Gasteiger charge is 2.39. The quantitative estimate of drug-likeness (QED) is 0.626. The number of hydrogen-bond donors (Lipinski definition) is 0. The molecule has 1 aliphatic rings. The fraction of sp³-hybridized carbons (Fsp3) is 0.286. The second kappa shape index (κ2) is 5.58. The summed E-state index contributed by atoms with van der Waals surface area (Å²) in [6, 6.07) is 9.90. The van der Waals surface area contributed by atoms with Crippen molar-refractivity contribution >= 4 is 15.8 Å². The van der Waals surface area contributed by atoms with Gasteiger partial charge < -0.3 is 4.90 Å². The first kappa shape index (κ1) is 15.1. The van der Waals surface area contributed by atoms with Gasteiger partial charge in [0.05, 0.1) is 11.8 Å². The lowest BCUT2D eigenvalue weighted by molar-refractivity contribution is 0.313. The zero-order valence-corrected chi connectivity index (χ0v) is 12.5. The Morgan fingerprint density at radius 3 is 2.62 bits per heavy atom. The highest BCUT2D eigenvalue weighted by atomic mass is 32.2. The molecule has 0 fully saturated rings. The molecule has 1 aromatic rings. The fourth-order valence-electron chi connectivity index (χ4n) is 2.07. The van der Waals surface area contributed by atoms with Gasteiger partial charge in [0, 0.05) is 13.5 Å². The van der Waals surface area contributed by atoms with Crippen molar-refractivity contribution in [3.63, 3.8) is 0 Å². The second-order valence-electron chi connectivity index (χ2n) is 4.69. The minimum atomic E-state index is -3.97. The minimum Gasteiger partial charge on any atom is -0.358 e. The molecule has 2 rings (SSSR count). The number of nitriles is 1. The van der Waals surface area contributed by atoms with E-state index in [1.807, 2.05) is 6.08 Å². The van der Waals surface area contributed by atoms with Crippen molar-refractivity contribution in [2.45, 2.75) is 23.8 Å². The van der Waals surface area contributed by atoms with E-state index in [2.05, 4.69) is 11.2 Å². The van der Waals surface area contributed by atoms with Crippen molar-refractivity contribution in [2.24, 2.45) is 5.16 Å². The molecule has 7 heteroatoms. The molecule has 1 aromatic carbocycles. The third-order valence-electron chi connectivity index (χ3n) is 3.43. The van der Waals surface area contributed by atoms with E-state index in [4.69, 9.17) is 4.28 Å². The van der Waals surface area contributed by atoms with E-state index >= 15 is 0 Å². The molecule has 1 heterocycles. The molecule has 0 N–H and O–H groups in total. The Hall–Kier alpha value is -2.33. The lowest BCUT2D eigenvalue weighted by Gasteiger charge is -2.29. The van der Waals surface area contributed by atoms with Gasteiger partial charge in [0.1, 0.15) is 4.90 Å². The summed E-state index contributed by atoms with van der Waals surface area (Å²) in [4.78, 5) is 1.70. The zero-order valence-electron chi connectivity index (χ0n) is 11.7. The molecule has 1 unspecified atom stereocenters. The summed E-state index contributed by atoms with van der Waals surface area (Å²) in [6.07, 6.45) is 4.02. The molecule has 0 amide bonds. The molecule has 0 saturated heterocycles. The highest BCUT2D eigenvalue weighted by molar-refractivity contribution is 7.86. The van der Waals surface area contributed by atoms with E-state index < -0.39 is 15.7 Å². The molecule has 0 bridgehead atoms. The standard InChI is InChI=1S/C14H15N3O3S/c1-12(14(11-15)9-6-10-17(14)2)16-20-21(18,19)13-7-4-3-5-8-13/h3-8,10H,9H2,1-2H3/b16-12+. The number of rotatable bonds is 4. The average molecular weight is 305 g/mol. The molecule has 0 radical (unpaired) electrons. The third-order valence-corrected chi connectivity index (χ3v) is 4.55. The average Bonchev–Trinajstić information content (AvgIpc) is 2.88. The van der Waals surface area contributed by atoms with E-state index in [0.29, 0.717) is 6.42 Å². The Kier molecular flexibility index (Phi) is 4.00. The number of hydrogen-bond acceptors (Lipinski definition) is 6. The summed E-state index contributed by atoms with van der Waals surface area (Å²) in [5.41, 5.74) is -0.705. The van der Waals surface area contributed by atoms with Crippen LogP contribution in [0.25, 0.3) is 0 Å². The van der Waals surface area contributed by atoms with Crippen LogP contribution < -0.4 is 0 Å². The van der Waals surface area contributed by atoms with Gasteiger partial charge in [-0.15, -0.1) is 0 Å². The van der Waals surface area contributed by atoms with Crippen LogP contribution in [0.1, 0.15) is 13.3 Å². The van der Waals surface area contributed by atoms with Crippen LogP contribution in [0, 0.1) is 11.3 Å². The minimum absolute atomic E-state index is 0.0189. The maximum Gasteiger partial charge on any atom is 0.358 e. The van der Waals surface area contributed by atoms with Crippen molar-refractivity contribution in [3.05, 3.63) is 42.6 Å². The van der Waals surface area contributed by atoms with E-state index in [1.54, 1.807) is 43.3 Å². The van der Waals surface area contributed by atoms with Crippen molar-refractivity contribution in [2.75, 3.05) is 7.05 Å². The first-order valence-electron chi connectivity index (χ1n) is 6.27. The molecule has 1 aliphatic heterocycles. The van der Waals surface area contributed by atoms with Gasteiger partial charge in [-0.25, -0.2) is 0 Å². The predicted molar refractivity (Wildman–Crippen MR) is 77.7 cm³/mol. The lowest BCUT2D eigenvalue weighted by atomic mass is 9.93. The second-order valence-corrected chi connectivity index (χ2v) is 6.22. The summed E-state index contributed by atoms with van der Waals surface area (Å²) in [5, 5.41) is 13.1. The summed E-state index contributed by atoms with van der Waals surface area (Å²) >= 11 is 0. The Balaban J connectivity index is 2.24. The monoisotopic (exact) mass is 305 g/mol. The Morgan fingerprint density at radius 2 is 2.10 bits per heavy atom. The number of nitrogens with zero attached hydrogens (tertiary/aromatic N) is 3. The van der Waals surface area contributed by atoms with E-state index in [0.717, 1.165) is 0 Å². The van der Waals surface area contributed by atoms with Crippen molar-refractivity contribution < 1.29 is 12.7 Å². The summed E-state index contributed by atoms with van der Waals surface area (Å²) in [5.74, 6) is 0. The summed E-state index contributed by atoms with van der Waals surface area (Å²) in [7, 11) is -2.24. The van der Waals surface area contributed by atoms with Gasteiger partial charge in [0.15, 0.2) is 5.54 Å². The van der Waals surface area contributed by atoms with Crippen LogP contribution >= 0.6 is 0 Å². The van der Waals surface area contributed by atoms with Gasteiger partial charge >= 0.3 is 10.1 Å². The van der Waals surface area contributed by atoms with Gasteiger partial charge in [-0.1, -0.05) is 29.4 Å². The maximum atomic E-state index is 12.0. The lowest BCUT2D eigenvalue weighted by Crippen LogP contribution is -2.45. The van der Waals surface area contributed by atoms with Crippen molar-refractivity contribution in [1.29, 1.82) is 5.26 Å². The molecule has 110 valence electrons. The normalized spacial score (nSPS) is 22.1. The van der Waals surface area contributed by atoms with Gasteiger partial charge in [-0.05, 0) is 25.3 Å². The van der Waals surface area contributed by atoms with Crippen LogP contribution in [0.4, 0.5) is 0 Å². The molecular formula is C14H15N3O3S. The molecule has 0 aliphatic carbocycles. The Labute approximate surface area is 124 Å². The van der Waals surface area contributed by atoms with Crippen LogP contribution in [0.5, 0.6) is 0 Å². The van der Waals surface area contributed by atoms with Crippen LogP contribution in [-0.2, 0) is 14.4 Å². The molecule has 0 saturated carbocycles. The van der Waals surface area contributed by atoms with Gasteiger partial charge in [-0.2, -0.15) is 13.7 Å². The SMILES string of the molecule is C/C(=N\OS(=O)(=O)c1ccccc1)C1(C#N)CC=CN1C. The van der Waals surface area contributed by atoms with Crippen LogP contribution in [0.3, 0.4) is 0 Å². The van der Waals surface area contributed by atoms with E-state index in [9.17, 15) is 13.7 Å². The smallest absolute Gasteiger partial charge is 0.358 e. The van der Waals surface area contributed by atoms with Crippen molar-refractivity contribution in [3.8, 4) is 6.07 Å². The Morgan fingerprint density at radius 1 is 1.43 bits per heavy atom. The largest absolute Gasteiger partial charge is 0.358 e. The number of benzene rings is 1. The highest BCUT2D eigenvalue weighted by Crippen LogP contribution is 2.27. The molecule has 0 aromatic heterocycles. The molecule has 1 atom stereocenters. The molecule has 21 heavy (non-hydrogen) atoms. The fourth-order valence-corrected chi connectivity index (χ4v) is 2.86. The van der Waals surface area contributed by atoms with Crippen LogP contribution in [0.2, 0.25) is 0 Å². The maximum absolute atomic E-state index is 12.0. The van der Waals surface area contributed by atoms with Crippen LogP contribution in [0.15, 0.2) is 52.7 Å². The topological polar surface area (TPSA) is 82.8 Å². The van der Waals surface area contributed by atoms with Gasteiger partial charge in [0.2, 0.25) is 0 Å². The first-order chi connectivity index (χ1) is 9.92. The third kappa shape index (κ3) is 2.76. The predicted octanol–water partition coefficient (Wildman–Crippen LogP) is 1.88. The van der Waals surface area contributed by atoms with Crippen molar-refractivity contribution in [1.82, 2.24) is 4.90 Å². The van der Waals surface area contributed by atoms with Crippen LogP contribution in [-0.4, -0.2) is 31.6 Å². The Bertz CT molecular complexity index is 720. The number of oxime groups is 1. The zero-order chi connectivity index (χ0) is 15.5. The summed E-state index contributed by atoms with van der Waals surface area (Å²) in [6.45, 7) is 1.58. The first-order valence-corrected chi connectivity index (χ1v) is 7.68. The van der Waals surface area contributed by atoms with Gasteiger partial charge in [0.25, 0.3) is 0 Å².